The van der Waals surface area contributed by atoms with Crippen LogP contribution in [0.25, 0.3) is 11.0 Å². The molecular formula is C12H10N4O4S. The first kappa shape index (κ1) is 13.5. The lowest BCUT2D eigenvalue weighted by molar-refractivity contribution is 0.483. The lowest BCUT2D eigenvalue weighted by Crippen LogP contribution is -2.17. The molecule has 8 nitrogen and oxygen atoms in total. The molecule has 0 atom stereocenters. The lowest BCUT2D eigenvalue weighted by atomic mass is 10.3. The van der Waals surface area contributed by atoms with Gasteiger partial charge in [0.2, 0.25) is 0 Å². The number of nitrogens with zero attached hydrogens (tertiary/aromatic N) is 3. The molecule has 0 amide bonds. The Morgan fingerprint density at radius 2 is 2.05 bits per heavy atom. The summed E-state index contributed by atoms with van der Waals surface area (Å²) in [4.78, 5) is 14.2. The van der Waals surface area contributed by atoms with Crippen molar-refractivity contribution in [2.24, 2.45) is 0 Å². The third-order valence-corrected chi connectivity index (χ3v) is 3.88. The highest BCUT2D eigenvalue weighted by molar-refractivity contribution is 7.85. The number of imidazole rings is 1. The minimum atomic E-state index is -4.31. The molecule has 0 bridgehead atoms. The van der Waals surface area contributed by atoms with Gasteiger partial charge in [-0.25, -0.2) is 4.79 Å². The second-order valence-electron chi connectivity index (χ2n) is 4.42. The van der Waals surface area contributed by atoms with Crippen LogP contribution < -0.4 is 5.69 Å². The second-order valence-corrected chi connectivity index (χ2v) is 5.84. The van der Waals surface area contributed by atoms with Crippen LogP contribution in [0, 0.1) is 0 Å². The first-order valence-corrected chi connectivity index (χ1v) is 7.35. The molecule has 21 heavy (non-hydrogen) atoms. The van der Waals surface area contributed by atoms with Gasteiger partial charge in [0.05, 0.1) is 28.7 Å². The fourth-order valence-corrected chi connectivity index (χ4v) is 2.56. The molecule has 0 radical (unpaired) electrons. The van der Waals surface area contributed by atoms with Gasteiger partial charge < -0.3 is 4.98 Å². The Balaban J connectivity index is 2.12. The SMILES string of the molecule is O=c1[nH]c2cc(S(=O)(=O)O)ccc2n1Cc1ccnnc1. The van der Waals surface area contributed by atoms with Gasteiger partial charge in [0.25, 0.3) is 10.1 Å². The molecule has 0 aliphatic heterocycles. The van der Waals surface area contributed by atoms with Crippen molar-refractivity contribution in [2.75, 3.05) is 0 Å². The Kier molecular flexibility index (Phi) is 3.07. The second kappa shape index (κ2) is 4.79. The predicted octanol–water partition coefficient (Wildman–Crippen LogP) is 0.415. The maximum Gasteiger partial charge on any atom is 0.326 e. The van der Waals surface area contributed by atoms with Crippen molar-refractivity contribution in [3.05, 3.63) is 52.7 Å². The van der Waals surface area contributed by atoms with E-state index in [1.807, 2.05) is 0 Å². The van der Waals surface area contributed by atoms with Gasteiger partial charge >= 0.3 is 5.69 Å². The number of rotatable bonds is 3. The van der Waals surface area contributed by atoms with E-state index in [-0.39, 0.29) is 17.1 Å². The third-order valence-electron chi connectivity index (χ3n) is 3.03. The van der Waals surface area contributed by atoms with Crippen molar-refractivity contribution in [1.29, 1.82) is 0 Å². The molecule has 3 rings (SSSR count). The van der Waals surface area contributed by atoms with E-state index in [1.54, 1.807) is 6.07 Å². The van der Waals surface area contributed by atoms with E-state index < -0.39 is 10.1 Å². The summed E-state index contributed by atoms with van der Waals surface area (Å²) in [5, 5.41) is 7.39. The highest BCUT2D eigenvalue weighted by atomic mass is 32.2. The summed E-state index contributed by atoms with van der Waals surface area (Å²) in [7, 11) is -4.31. The minimum Gasteiger partial charge on any atom is -0.305 e. The molecule has 1 aromatic carbocycles. The smallest absolute Gasteiger partial charge is 0.305 e. The summed E-state index contributed by atoms with van der Waals surface area (Å²) >= 11 is 0. The van der Waals surface area contributed by atoms with E-state index in [4.69, 9.17) is 4.55 Å². The molecule has 2 heterocycles. The van der Waals surface area contributed by atoms with Gasteiger partial charge in [-0.15, -0.1) is 0 Å². The first-order chi connectivity index (χ1) is 9.95. The Morgan fingerprint density at radius 3 is 2.71 bits per heavy atom. The average Bonchev–Trinajstić information content (AvgIpc) is 2.75. The number of nitrogens with one attached hydrogen (secondary N) is 1. The molecule has 0 aliphatic carbocycles. The van der Waals surface area contributed by atoms with Gasteiger partial charge in [0.1, 0.15) is 0 Å². The molecule has 9 heteroatoms. The van der Waals surface area contributed by atoms with Crippen LogP contribution in [0.2, 0.25) is 0 Å². The summed E-state index contributed by atoms with van der Waals surface area (Å²) in [6, 6.07) is 5.65. The zero-order valence-electron chi connectivity index (χ0n) is 10.6. The molecule has 0 saturated heterocycles. The minimum absolute atomic E-state index is 0.269. The maximum atomic E-state index is 12.0. The van der Waals surface area contributed by atoms with Crippen LogP contribution in [0.15, 0.2) is 46.3 Å². The zero-order valence-corrected chi connectivity index (χ0v) is 11.4. The topological polar surface area (TPSA) is 118 Å². The predicted molar refractivity (Wildman–Crippen MR) is 73.5 cm³/mol. The van der Waals surface area contributed by atoms with Crippen molar-refractivity contribution in [3.63, 3.8) is 0 Å². The van der Waals surface area contributed by atoms with Gasteiger partial charge in [-0.1, -0.05) is 0 Å². The van der Waals surface area contributed by atoms with Gasteiger partial charge in [-0.2, -0.15) is 18.6 Å². The van der Waals surface area contributed by atoms with Crippen LogP contribution in [-0.2, 0) is 16.7 Å². The van der Waals surface area contributed by atoms with E-state index in [0.29, 0.717) is 11.0 Å². The van der Waals surface area contributed by atoms with Crippen LogP contribution >= 0.6 is 0 Å². The Labute approximate surface area is 118 Å². The summed E-state index contributed by atoms with van der Waals surface area (Å²) in [5.41, 5.74) is 1.27. The number of fused-ring (bicyclic) bond motifs is 1. The maximum absolute atomic E-state index is 12.0. The number of hydrogen-bond acceptors (Lipinski definition) is 5. The molecule has 0 saturated carbocycles. The fourth-order valence-electron chi connectivity index (χ4n) is 2.05. The van der Waals surface area contributed by atoms with Crippen molar-refractivity contribution in [3.8, 4) is 0 Å². The van der Waals surface area contributed by atoms with E-state index in [0.717, 1.165) is 5.56 Å². The van der Waals surface area contributed by atoms with Crippen LogP contribution in [0.1, 0.15) is 5.56 Å². The van der Waals surface area contributed by atoms with Crippen LogP contribution in [0.4, 0.5) is 0 Å². The van der Waals surface area contributed by atoms with E-state index >= 15 is 0 Å². The third kappa shape index (κ3) is 2.56. The molecule has 0 aliphatic rings. The quantitative estimate of drug-likeness (QED) is 0.677. The van der Waals surface area contributed by atoms with Crippen molar-refractivity contribution >= 4 is 21.2 Å². The monoisotopic (exact) mass is 306 g/mol. The number of aromatic nitrogens is 4. The molecule has 0 spiro atoms. The number of H-pyrrole nitrogens is 1. The van der Waals surface area contributed by atoms with E-state index in [2.05, 4.69) is 15.2 Å². The van der Waals surface area contributed by atoms with E-state index in [9.17, 15) is 13.2 Å². The Morgan fingerprint density at radius 1 is 1.24 bits per heavy atom. The molecule has 2 aromatic heterocycles. The molecular weight excluding hydrogens is 296 g/mol. The normalized spacial score (nSPS) is 11.9. The number of benzene rings is 1. The van der Waals surface area contributed by atoms with Gasteiger partial charge in [-0.3, -0.25) is 9.12 Å². The van der Waals surface area contributed by atoms with Crippen LogP contribution in [-0.4, -0.2) is 32.7 Å². The van der Waals surface area contributed by atoms with Gasteiger partial charge in [-0.05, 0) is 29.8 Å². The molecule has 2 N–H and O–H groups in total. The zero-order chi connectivity index (χ0) is 15.0. The summed E-state index contributed by atoms with van der Waals surface area (Å²) in [6.07, 6.45) is 3.06. The molecule has 0 fully saturated rings. The number of aromatic amines is 1. The van der Waals surface area contributed by atoms with Gasteiger partial charge in [0.15, 0.2) is 0 Å². The lowest BCUT2D eigenvalue weighted by Gasteiger charge is -2.03. The standard InChI is InChI=1S/C12H10N4O4S/c17-12-15-10-5-9(21(18,19)20)1-2-11(10)16(12)7-8-3-4-13-14-6-8/h1-6H,7H2,(H,15,17)(H,18,19,20). The van der Waals surface area contributed by atoms with Crippen LogP contribution in [0.3, 0.4) is 0 Å². The fraction of sp³-hybridized carbons (Fsp3) is 0.0833. The summed E-state index contributed by atoms with van der Waals surface area (Å²) in [6.45, 7) is 0.277. The van der Waals surface area contributed by atoms with Crippen molar-refractivity contribution in [2.45, 2.75) is 11.4 Å². The van der Waals surface area contributed by atoms with Gasteiger partial charge in [0, 0.05) is 6.20 Å². The van der Waals surface area contributed by atoms with Crippen molar-refractivity contribution in [1.82, 2.24) is 19.7 Å². The molecule has 0 unspecified atom stereocenters. The molecule has 108 valence electrons. The Hall–Kier alpha value is -2.52. The summed E-state index contributed by atoms with van der Waals surface area (Å²) in [5.74, 6) is 0. The average molecular weight is 306 g/mol. The van der Waals surface area contributed by atoms with E-state index in [1.165, 1.54) is 35.2 Å². The molecule has 3 aromatic rings. The highest BCUT2D eigenvalue weighted by Gasteiger charge is 2.13. The number of hydrogen-bond donors (Lipinski definition) is 2. The first-order valence-electron chi connectivity index (χ1n) is 5.91. The van der Waals surface area contributed by atoms with Crippen molar-refractivity contribution < 1.29 is 13.0 Å². The van der Waals surface area contributed by atoms with Crippen LogP contribution in [0.5, 0.6) is 0 Å². The Bertz CT molecular complexity index is 960. The highest BCUT2D eigenvalue weighted by Crippen LogP contribution is 2.17. The summed E-state index contributed by atoms with van der Waals surface area (Å²) < 4.78 is 32.7. The largest absolute Gasteiger partial charge is 0.326 e.